The minimum Gasteiger partial charge on any atom is -0.350 e. The monoisotopic (exact) mass is 339 g/mol. The van der Waals surface area contributed by atoms with Crippen LogP contribution in [0.15, 0.2) is 36.5 Å². The van der Waals surface area contributed by atoms with E-state index in [1.54, 1.807) is 6.20 Å². The first-order valence-electron chi connectivity index (χ1n) is 8.02. The fourth-order valence-electron chi connectivity index (χ4n) is 2.90. The maximum Gasteiger partial charge on any atom is 0.270 e. The van der Waals surface area contributed by atoms with Crippen molar-refractivity contribution in [3.8, 4) is 0 Å². The lowest BCUT2D eigenvalue weighted by Gasteiger charge is -2.08. The number of hydrogen-bond donors (Lipinski definition) is 2. The van der Waals surface area contributed by atoms with Crippen LogP contribution in [0.1, 0.15) is 35.2 Å². The van der Waals surface area contributed by atoms with E-state index in [1.165, 1.54) is 0 Å². The number of carbonyl (C=O) groups is 1. The first kappa shape index (κ1) is 15.0. The predicted octanol–water partition coefficient (Wildman–Crippen LogP) is 2.80. The summed E-state index contributed by atoms with van der Waals surface area (Å²) in [6, 6.07) is 10.1. The lowest BCUT2D eigenvalue weighted by atomic mass is 10.1. The summed E-state index contributed by atoms with van der Waals surface area (Å²) in [5.74, 6) is 0.729. The van der Waals surface area contributed by atoms with Crippen LogP contribution in [0.3, 0.4) is 0 Å². The van der Waals surface area contributed by atoms with Crippen molar-refractivity contribution < 1.29 is 4.79 Å². The Morgan fingerprint density at radius 2 is 2.17 bits per heavy atom. The third-order valence-electron chi connectivity index (χ3n) is 4.21. The molecule has 122 valence electrons. The molecule has 0 radical (unpaired) electrons. The molecule has 0 unspecified atom stereocenters. The minimum absolute atomic E-state index is 0.168. The summed E-state index contributed by atoms with van der Waals surface area (Å²) in [5, 5.41) is 11.9. The summed E-state index contributed by atoms with van der Waals surface area (Å²) < 4.78 is 2.73. The van der Waals surface area contributed by atoms with Gasteiger partial charge in [-0.25, -0.2) is 0 Å². The molecule has 3 aromatic rings. The van der Waals surface area contributed by atoms with Crippen molar-refractivity contribution in [3.63, 3.8) is 0 Å². The third kappa shape index (κ3) is 2.82. The van der Waals surface area contributed by atoms with Crippen LogP contribution in [0.25, 0.3) is 10.8 Å². The second-order valence-electron chi connectivity index (χ2n) is 5.93. The number of pyridine rings is 1. The van der Waals surface area contributed by atoms with Crippen molar-refractivity contribution in [2.45, 2.75) is 25.3 Å². The summed E-state index contributed by atoms with van der Waals surface area (Å²) in [7, 11) is 0. The van der Waals surface area contributed by atoms with Crippen molar-refractivity contribution in [2.24, 2.45) is 0 Å². The number of rotatable bonds is 5. The summed E-state index contributed by atoms with van der Waals surface area (Å²) >= 11 is 5.27. The molecule has 1 saturated carbocycles. The van der Waals surface area contributed by atoms with Gasteiger partial charge in [-0.1, -0.05) is 24.3 Å². The Hall–Kier alpha value is -2.54. The number of benzene rings is 1. The molecule has 6 nitrogen and oxygen atoms in total. The van der Waals surface area contributed by atoms with Crippen LogP contribution >= 0.6 is 12.2 Å². The molecule has 2 heterocycles. The van der Waals surface area contributed by atoms with E-state index in [1.807, 2.05) is 30.3 Å². The topological polar surface area (TPSA) is 75.6 Å². The van der Waals surface area contributed by atoms with Gasteiger partial charge in [-0.3, -0.25) is 14.9 Å². The van der Waals surface area contributed by atoms with E-state index in [0.29, 0.717) is 29.5 Å². The number of aromatic amines is 1. The van der Waals surface area contributed by atoms with Gasteiger partial charge < -0.3 is 9.88 Å². The Bertz CT molecular complexity index is 952. The van der Waals surface area contributed by atoms with Crippen LogP contribution in [-0.2, 0) is 6.42 Å². The summed E-state index contributed by atoms with van der Waals surface area (Å²) in [5.41, 5.74) is 0.453. The highest BCUT2D eigenvalue weighted by atomic mass is 32.1. The van der Waals surface area contributed by atoms with Crippen molar-refractivity contribution >= 4 is 28.9 Å². The van der Waals surface area contributed by atoms with Crippen molar-refractivity contribution in [1.82, 2.24) is 25.1 Å². The van der Waals surface area contributed by atoms with Crippen LogP contribution in [-0.4, -0.2) is 32.2 Å². The first-order chi connectivity index (χ1) is 11.7. The Labute approximate surface area is 143 Å². The SMILES string of the molecule is O=C(NCCc1n[nH]c(=S)n1C1CC1)c1nccc2ccccc12. The molecule has 7 heteroatoms. The molecule has 0 aliphatic heterocycles. The highest BCUT2D eigenvalue weighted by Gasteiger charge is 2.27. The van der Waals surface area contributed by atoms with Crippen LogP contribution in [0.2, 0.25) is 0 Å². The molecule has 1 aromatic carbocycles. The van der Waals surface area contributed by atoms with E-state index in [2.05, 4.69) is 25.1 Å². The fourth-order valence-corrected chi connectivity index (χ4v) is 3.20. The zero-order chi connectivity index (χ0) is 16.5. The molecule has 1 amide bonds. The van der Waals surface area contributed by atoms with E-state index < -0.39 is 0 Å². The number of aromatic nitrogens is 4. The Morgan fingerprint density at radius 1 is 1.33 bits per heavy atom. The van der Waals surface area contributed by atoms with E-state index in [4.69, 9.17) is 12.2 Å². The minimum atomic E-state index is -0.168. The van der Waals surface area contributed by atoms with E-state index in [0.717, 1.165) is 29.4 Å². The molecular weight excluding hydrogens is 322 g/mol. The Morgan fingerprint density at radius 3 is 3.00 bits per heavy atom. The summed E-state index contributed by atoms with van der Waals surface area (Å²) in [6.07, 6.45) is 4.59. The van der Waals surface area contributed by atoms with Gasteiger partial charge in [-0.2, -0.15) is 5.10 Å². The zero-order valence-corrected chi connectivity index (χ0v) is 13.8. The van der Waals surface area contributed by atoms with Gasteiger partial charge in [0.1, 0.15) is 11.5 Å². The molecule has 1 aliphatic rings. The molecule has 24 heavy (non-hydrogen) atoms. The van der Waals surface area contributed by atoms with E-state index >= 15 is 0 Å². The maximum atomic E-state index is 12.5. The molecule has 1 aliphatic carbocycles. The number of carbonyl (C=O) groups excluding carboxylic acids is 1. The van der Waals surface area contributed by atoms with Crippen LogP contribution < -0.4 is 5.32 Å². The average molecular weight is 339 g/mol. The van der Waals surface area contributed by atoms with Gasteiger partial charge in [0.25, 0.3) is 5.91 Å². The van der Waals surface area contributed by atoms with Crippen LogP contribution in [0, 0.1) is 4.77 Å². The molecule has 2 N–H and O–H groups in total. The largest absolute Gasteiger partial charge is 0.350 e. The van der Waals surface area contributed by atoms with Crippen LogP contribution in [0.5, 0.6) is 0 Å². The number of hydrogen-bond acceptors (Lipinski definition) is 4. The third-order valence-corrected chi connectivity index (χ3v) is 4.50. The van der Waals surface area contributed by atoms with Gasteiger partial charge in [0.2, 0.25) is 0 Å². The van der Waals surface area contributed by atoms with E-state index in [9.17, 15) is 4.79 Å². The molecular formula is C17H17N5OS. The lowest BCUT2D eigenvalue weighted by Crippen LogP contribution is -2.27. The Kier molecular flexibility index (Phi) is 3.86. The van der Waals surface area contributed by atoms with Crippen molar-refractivity contribution in [2.75, 3.05) is 6.54 Å². The molecule has 0 saturated heterocycles. The van der Waals surface area contributed by atoms with Crippen molar-refractivity contribution in [3.05, 3.63) is 52.8 Å². The van der Waals surface area contributed by atoms with E-state index in [-0.39, 0.29) is 5.91 Å². The normalized spacial score (nSPS) is 14.0. The van der Waals surface area contributed by atoms with Crippen LogP contribution in [0.4, 0.5) is 0 Å². The Balaban J connectivity index is 1.46. The predicted molar refractivity (Wildman–Crippen MR) is 93.5 cm³/mol. The quantitative estimate of drug-likeness (QED) is 0.701. The number of amides is 1. The van der Waals surface area contributed by atoms with Crippen molar-refractivity contribution in [1.29, 1.82) is 0 Å². The molecule has 0 bridgehead atoms. The molecule has 2 aromatic heterocycles. The summed E-state index contributed by atoms with van der Waals surface area (Å²) in [6.45, 7) is 0.496. The highest BCUT2D eigenvalue weighted by molar-refractivity contribution is 7.71. The highest BCUT2D eigenvalue weighted by Crippen LogP contribution is 2.35. The number of H-pyrrole nitrogens is 1. The lowest BCUT2D eigenvalue weighted by molar-refractivity contribution is 0.0951. The molecule has 0 atom stereocenters. The first-order valence-corrected chi connectivity index (χ1v) is 8.42. The standard InChI is InChI=1S/C17H17N5OS/c23-16(15-13-4-2-1-3-11(13)7-9-18-15)19-10-8-14-20-21-17(24)22(14)12-5-6-12/h1-4,7,9,12H,5-6,8,10H2,(H,19,23)(H,21,24). The zero-order valence-electron chi connectivity index (χ0n) is 13.0. The van der Waals surface area contributed by atoms with Gasteiger partial charge in [-0.15, -0.1) is 0 Å². The molecule has 4 rings (SSSR count). The van der Waals surface area contributed by atoms with Gasteiger partial charge in [0.05, 0.1) is 0 Å². The van der Waals surface area contributed by atoms with Gasteiger partial charge in [-0.05, 0) is 36.5 Å². The second-order valence-corrected chi connectivity index (χ2v) is 6.32. The molecule has 0 spiro atoms. The summed E-state index contributed by atoms with van der Waals surface area (Å²) in [4.78, 5) is 16.7. The second kappa shape index (κ2) is 6.16. The number of fused-ring (bicyclic) bond motifs is 1. The van der Waals surface area contributed by atoms with Gasteiger partial charge in [0, 0.05) is 30.6 Å². The smallest absolute Gasteiger partial charge is 0.270 e. The molecule has 1 fully saturated rings. The van der Waals surface area contributed by atoms with Gasteiger partial charge >= 0.3 is 0 Å². The van der Waals surface area contributed by atoms with Gasteiger partial charge in [0.15, 0.2) is 4.77 Å². The average Bonchev–Trinajstić information content (AvgIpc) is 3.37. The number of nitrogens with one attached hydrogen (secondary N) is 2. The maximum absolute atomic E-state index is 12.5. The number of nitrogens with zero attached hydrogens (tertiary/aromatic N) is 3. The fraction of sp³-hybridized carbons (Fsp3) is 0.294.